The highest BCUT2D eigenvalue weighted by Gasteiger charge is 2.44. The first-order valence-electron chi connectivity index (χ1n) is 9.83. The average molecular weight is 407 g/mol. The molecule has 1 fully saturated rings. The molecule has 2 aromatic rings. The summed E-state index contributed by atoms with van der Waals surface area (Å²) in [5.74, 6) is -1.19. The van der Waals surface area contributed by atoms with Crippen LogP contribution in [0.15, 0.2) is 54.6 Å². The van der Waals surface area contributed by atoms with Crippen molar-refractivity contribution in [1.82, 2.24) is 10.2 Å². The monoisotopic (exact) mass is 407 g/mol. The Morgan fingerprint density at radius 1 is 1.03 bits per heavy atom. The molecule has 2 atom stereocenters. The van der Waals surface area contributed by atoms with Crippen LogP contribution in [-0.2, 0) is 20.8 Å². The van der Waals surface area contributed by atoms with E-state index in [0.717, 1.165) is 16.0 Å². The number of anilines is 1. The van der Waals surface area contributed by atoms with E-state index in [1.54, 1.807) is 19.1 Å². The number of benzene rings is 2. The molecule has 1 saturated heterocycles. The van der Waals surface area contributed by atoms with E-state index in [0.29, 0.717) is 12.1 Å². The maximum absolute atomic E-state index is 12.8. The van der Waals surface area contributed by atoms with Gasteiger partial charge in [-0.2, -0.15) is 0 Å². The minimum absolute atomic E-state index is 0.194. The fourth-order valence-corrected chi connectivity index (χ4v) is 3.44. The van der Waals surface area contributed by atoms with Gasteiger partial charge in [0.2, 0.25) is 5.91 Å². The van der Waals surface area contributed by atoms with Crippen molar-refractivity contribution in [3.63, 3.8) is 0 Å². The zero-order valence-electron chi connectivity index (χ0n) is 17.3. The van der Waals surface area contributed by atoms with E-state index in [-0.39, 0.29) is 5.78 Å². The highest BCUT2D eigenvalue weighted by molar-refractivity contribution is 6.15. The van der Waals surface area contributed by atoms with Gasteiger partial charge in [0.15, 0.2) is 5.78 Å². The number of urea groups is 1. The van der Waals surface area contributed by atoms with E-state index < -0.39 is 36.5 Å². The number of rotatable bonds is 7. The molecule has 7 heteroatoms. The Bertz CT molecular complexity index is 956. The van der Waals surface area contributed by atoms with Crippen molar-refractivity contribution in [3.05, 3.63) is 65.7 Å². The quantitative estimate of drug-likeness (QED) is 0.715. The molecule has 156 valence electrons. The molecular weight excluding hydrogens is 382 g/mol. The molecule has 0 saturated carbocycles. The van der Waals surface area contributed by atoms with Gasteiger partial charge in [0.05, 0.1) is 6.04 Å². The van der Waals surface area contributed by atoms with E-state index in [9.17, 15) is 19.2 Å². The van der Waals surface area contributed by atoms with Crippen LogP contribution in [0.3, 0.4) is 0 Å². The maximum Gasteiger partial charge on any atom is 0.332 e. The third-order valence-corrected chi connectivity index (χ3v) is 5.17. The summed E-state index contributed by atoms with van der Waals surface area (Å²) in [6.07, 6.45) is 0.343. The zero-order chi connectivity index (χ0) is 21.8. The molecule has 1 aliphatic heterocycles. The summed E-state index contributed by atoms with van der Waals surface area (Å²) in [4.78, 5) is 52.3. The lowest BCUT2D eigenvalue weighted by molar-refractivity contribution is -0.133. The van der Waals surface area contributed by atoms with Gasteiger partial charge < -0.3 is 5.32 Å². The lowest BCUT2D eigenvalue weighted by Gasteiger charge is -2.20. The van der Waals surface area contributed by atoms with Gasteiger partial charge in [-0.25, -0.2) is 4.79 Å². The molecule has 0 radical (unpaired) electrons. The number of nitrogens with one attached hydrogen (secondary N) is 1. The van der Waals surface area contributed by atoms with Crippen LogP contribution in [-0.4, -0.2) is 47.2 Å². The highest BCUT2D eigenvalue weighted by atomic mass is 16.2. The number of Topliss-reactive ketones (excluding diaryl/α,β-unsaturated/α-hetero) is 1. The van der Waals surface area contributed by atoms with Crippen LogP contribution in [0, 0.1) is 6.92 Å². The second kappa shape index (κ2) is 8.90. The topological polar surface area (TPSA) is 86.8 Å². The number of imide groups is 1. The average Bonchev–Trinajstić information content (AvgIpc) is 2.92. The van der Waals surface area contributed by atoms with Gasteiger partial charge >= 0.3 is 6.03 Å². The second-order valence-corrected chi connectivity index (χ2v) is 7.51. The van der Waals surface area contributed by atoms with Crippen LogP contribution in [0.5, 0.6) is 0 Å². The SMILES string of the molecule is CC(=O)C(Cc1ccccc1)NC(=O)CN1C(=O)C(C)N(c2ccc(C)cc2)C1=O. The number of hydrogen-bond donors (Lipinski definition) is 1. The van der Waals surface area contributed by atoms with Gasteiger partial charge in [-0.3, -0.25) is 24.2 Å². The summed E-state index contributed by atoms with van der Waals surface area (Å²) in [5.41, 5.74) is 2.54. The summed E-state index contributed by atoms with van der Waals surface area (Å²) in [6, 6.07) is 14.6. The van der Waals surface area contributed by atoms with Gasteiger partial charge in [0, 0.05) is 5.69 Å². The van der Waals surface area contributed by atoms with Crippen LogP contribution in [0.4, 0.5) is 10.5 Å². The fourth-order valence-electron chi connectivity index (χ4n) is 3.44. The van der Waals surface area contributed by atoms with E-state index in [2.05, 4.69) is 5.32 Å². The summed E-state index contributed by atoms with van der Waals surface area (Å²) in [6.45, 7) is 4.54. The zero-order valence-corrected chi connectivity index (χ0v) is 17.3. The number of nitrogens with zero attached hydrogens (tertiary/aromatic N) is 2. The van der Waals surface area contributed by atoms with Crippen LogP contribution < -0.4 is 10.2 Å². The fraction of sp³-hybridized carbons (Fsp3) is 0.304. The van der Waals surface area contributed by atoms with Crippen LogP contribution >= 0.6 is 0 Å². The molecule has 7 nitrogen and oxygen atoms in total. The van der Waals surface area contributed by atoms with E-state index in [4.69, 9.17) is 0 Å². The van der Waals surface area contributed by atoms with E-state index in [1.807, 2.05) is 49.4 Å². The number of ketones is 1. The van der Waals surface area contributed by atoms with Crippen molar-refractivity contribution >= 4 is 29.3 Å². The van der Waals surface area contributed by atoms with Crippen molar-refractivity contribution < 1.29 is 19.2 Å². The predicted octanol–water partition coefficient (Wildman–Crippen LogP) is 2.47. The number of amides is 4. The number of aryl methyl sites for hydroxylation is 1. The smallest absolute Gasteiger partial charge is 0.332 e. The first-order chi connectivity index (χ1) is 14.3. The Labute approximate surface area is 175 Å². The Hall–Kier alpha value is -3.48. The molecule has 30 heavy (non-hydrogen) atoms. The Morgan fingerprint density at radius 3 is 2.27 bits per heavy atom. The predicted molar refractivity (Wildman–Crippen MR) is 113 cm³/mol. The number of hydrogen-bond acceptors (Lipinski definition) is 4. The lowest BCUT2D eigenvalue weighted by Crippen LogP contribution is -2.47. The maximum atomic E-state index is 12.8. The first-order valence-corrected chi connectivity index (χ1v) is 9.83. The van der Waals surface area contributed by atoms with Gasteiger partial charge in [0.25, 0.3) is 5.91 Å². The first kappa shape index (κ1) is 21.2. The normalized spacial score (nSPS) is 17.2. The molecule has 0 aliphatic carbocycles. The molecule has 1 heterocycles. The van der Waals surface area contributed by atoms with Crippen molar-refractivity contribution in [2.24, 2.45) is 0 Å². The largest absolute Gasteiger partial charge is 0.344 e. The third kappa shape index (κ3) is 4.56. The van der Waals surface area contributed by atoms with E-state index >= 15 is 0 Å². The third-order valence-electron chi connectivity index (χ3n) is 5.17. The molecule has 0 aromatic heterocycles. The standard InChI is InChI=1S/C23H25N3O4/c1-15-9-11-19(12-10-15)26-16(2)22(29)25(23(26)30)14-21(28)24-20(17(3)27)13-18-7-5-4-6-8-18/h4-12,16,20H,13-14H2,1-3H3,(H,24,28). The van der Waals surface area contributed by atoms with Crippen LogP contribution in [0.2, 0.25) is 0 Å². The second-order valence-electron chi connectivity index (χ2n) is 7.51. The molecule has 3 rings (SSSR count). The van der Waals surface area contributed by atoms with E-state index in [1.165, 1.54) is 11.8 Å². The Morgan fingerprint density at radius 2 is 1.67 bits per heavy atom. The summed E-state index contributed by atoms with van der Waals surface area (Å²) >= 11 is 0. The van der Waals surface area contributed by atoms with Gasteiger partial charge in [0.1, 0.15) is 12.6 Å². The molecule has 4 amide bonds. The van der Waals surface area contributed by atoms with Gasteiger partial charge in [-0.1, -0.05) is 48.0 Å². The Balaban J connectivity index is 1.69. The number of carbonyl (C=O) groups excluding carboxylic acids is 4. The lowest BCUT2D eigenvalue weighted by atomic mass is 10.0. The molecule has 0 spiro atoms. The molecule has 2 unspecified atom stereocenters. The van der Waals surface area contributed by atoms with Crippen LogP contribution in [0.1, 0.15) is 25.0 Å². The van der Waals surface area contributed by atoms with Gasteiger partial charge in [-0.05, 0) is 44.9 Å². The molecule has 1 aliphatic rings. The van der Waals surface area contributed by atoms with Crippen molar-refractivity contribution in [2.75, 3.05) is 11.4 Å². The summed E-state index contributed by atoms with van der Waals surface area (Å²) < 4.78 is 0. The van der Waals surface area contributed by atoms with Gasteiger partial charge in [-0.15, -0.1) is 0 Å². The molecule has 1 N–H and O–H groups in total. The number of carbonyl (C=O) groups is 4. The van der Waals surface area contributed by atoms with Crippen molar-refractivity contribution in [1.29, 1.82) is 0 Å². The molecule has 0 bridgehead atoms. The van der Waals surface area contributed by atoms with Crippen molar-refractivity contribution in [3.8, 4) is 0 Å². The summed E-state index contributed by atoms with van der Waals surface area (Å²) in [7, 11) is 0. The van der Waals surface area contributed by atoms with Crippen LogP contribution in [0.25, 0.3) is 0 Å². The Kier molecular flexibility index (Phi) is 6.30. The molecular formula is C23H25N3O4. The summed E-state index contributed by atoms with van der Waals surface area (Å²) in [5, 5.41) is 2.66. The highest BCUT2D eigenvalue weighted by Crippen LogP contribution is 2.25. The minimum Gasteiger partial charge on any atom is -0.344 e. The minimum atomic E-state index is -0.724. The molecule has 2 aromatic carbocycles. The van der Waals surface area contributed by atoms with Crippen molar-refractivity contribution in [2.45, 2.75) is 39.3 Å².